The first kappa shape index (κ1) is 14.3. The van der Waals surface area contributed by atoms with E-state index in [-0.39, 0.29) is 12.5 Å². The molecule has 0 fully saturated rings. The second-order valence-electron chi connectivity index (χ2n) is 4.38. The Bertz CT molecular complexity index is 629. The fraction of sp³-hybridized carbons (Fsp3) is 0.200. The maximum atomic E-state index is 11.9. The number of hydrogen-bond donors (Lipinski definition) is 1. The predicted molar refractivity (Wildman–Crippen MR) is 79.3 cm³/mol. The van der Waals surface area contributed by atoms with Crippen molar-refractivity contribution in [3.05, 3.63) is 52.8 Å². The minimum atomic E-state index is -0.237. The van der Waals surface area contributed by atoms with Crippen molar-refractivity contribution in [1.29, 1.82) is 0 Å². The van der Waals surface area contributed by atoms with E-state index in [1.54, 1.807) is 30.5 Å². The second kappa shape index (κ2) is 6.39. The average Bonchev–Trinajstić information content (AvgIpc) is 2.42. The lowest BCUT2D eigenvalue weighted by atomic mass is 10.2. The molecule has 4 nitrogen and oxygen atoms in total. The molecule has 0 saturated heterocycles. The van der Waals surface area contributed by atoms with Gasteiger partial charge in [0.2, 0.25) is 0 Å². The molecule has 1 aromatic heterocycles. The Hall–Kier alpha value is -2.07. The van der Waals surface area contributed by atoms with Crippen molar-refractivity contribution in [2.75, 3.05) is 11.9 Å². The molecule has 1 N–H and O–H groups in total. The maximum Gasteiger partial charge on any atom is 0.262 e. The zero-order valence-electron chi connectivity index (χ0n) is 11.3. The van der Waals surface area contributed by atoms with E-state index in [0.717, 1.165) is 11.3 Å². The third-order valence-electron chi connectivity index (χ3n) is 2.79. The van der Waals surface area contributed by atoms with Gasteiger partial charge < -0.3 is 10.1 Å². The topological polar surface area (TPSA) is 51.2 Å². The van der Waals surface area contributed by atoms with E-state index < -0.39 is 0 Å². The summed E-state index contributed by atoms with van der Waals surface area (Å²) in [5.74, 6) is 0.365. The standard InChI is InChI=1S/C15H15ClN2O2/c1-10-5-6-12(16)8-13(10)18-15(19)9-20-14-4-3-7-17-11(14)2/h3-8H,9H2,1-2H3,(H,18,19). The molecule has 1 amide bonds. The highest BCUT2D eigenvalue weighted by Crippen LogP contribution is 2.20. The van der Waals surface area contributed by atoms with Gasteiger partial charge in [-0.2, -0.15) is 0 Å². The van der Waals surface area contributed by atoms with Crippen molar-refractivity contribution in [3.8, 4) is 5.75 Å². The highest BCUT2D eigenvalue weighted by atomic mass is 35.5. The number of carbonyl (C=O) groups is 1. The smallest absolute Gasteiger partial charge is 0.262 e. The number of rotatable bonds is 4. The first-order chi connectivity index (χ1) is 9.56. The molecular weight excluding hydrogens is 276 g/mol. The number of hydrogen-bond acceptors (Lipinski definition) is 3. The van der Waals surface area contributed by atoms with Gasteiger partial charge in [-0.1, -0.05) is 17.7 Å². The molecule has 2 aromatic rings. The second-order valence-corrected chi connectivity index (χ2v) is 4.82. The lowest BCUT2D eigenvalue weighted by Crippen LogP contribution is -2.21. The molecule has 2 rings (SSSR count). The summed E-state index contributed by atoms with van der Waals surface area (Å²) in [6.45, 7) is 3.66. The number of amides is 1. The Kier molecular flexibility index (Phi) is 4.58. The van der Waals surface area contributed by atoms with Gasteiger partial charge >= 0.3 is 0 Å². The number of ether oxygens (including phenoxy) is 1. The van der Waals surface area contributed by atoms with E-state index >= 15 is 0 Å². The Morgan fingerprint density at radius 2 is 2.15 bits per heavy atom. The van der Waals surface area contributed by atoms with Crippen LogP contribution >= 0.6 is 11.6 Å². The molecule has 0 spiro atoms. The SMILES string of the molecule is Cc1ccc(Cl)cc1NC(=O)COc1cccnc1C. The zero-order valence-corrected chi connectivity index (χ0v) is 12.1. The van der Waals surface area contributed by atoms with Gasteiger partial charge in [-0.25, -0.2) is 0 Å². The Morgan fingerprint density at radius 1 is 1.35 bits per heavy atom. The normalized spacial score (nSPS) is 10.2. The highest BCUT2D eigenvalue weighted by Gasteiger charge is 2.07. The van der Waals surface area contributed by atoms with Gasteiger partial charge in [-0.3, -0.25) is 9.78 Å². The highest BCUT2D eigenvalue weighted by molar-refractivity contribution is 6.31. The van der Waals surface area contributed by atoms with Crippen molar-refractivity contribution in [2.45, 2.75) is 13.8 Å². The van der Waals surface area contributed by atoms with Crippen LogP contribution in [0, 0.1) is 13.8 Å². The maximum absolute atomic E-state index is 11.9. The van der Waals surface area contributed by atoms with E-state index in [1.807, 2.05) is 19.9 Å². The zero-order chi connectivity index (χ0) is 14.5. The largest absolute Gasteiger partial charge is 0.482 e. The van der Waals surface area contributed by atoms with Crippen LogP contribution in [0.3, 0.4) is 0 Å². The molecule has 0 unspecified atom stereocenters. The van der Waals surface area contributed by atoms with Crippen molar-refractivity contribution in [3.63, 3.8) is 0 Å². The average molecular weight is 291 g/mol. The lowest BCUT2D eigenvalue weighted by Gasteiger charge is -2.10. The van der Waals surface area contributed by atoms with Crippen LogP contribution in [0.15, 0.2) is 36.5 Å². The molecule has 0 atom stereocenters. The number of aryl methyl sites for hydroxylation is 2. The van der Waals surface area contributed by atoms with Crippen LogP contribution < -0.4 is 10.1 Å². The van der Waals surface area contributed by atoms with Crippen LogP contribution in [0.25, 0.3) is 0 Å². The summed E-state index contributed by atoms with van der Waals surface area (Å²) < 4.78 is 5.43. The lowest BCUT2D eigenvalue weighted by molar-refractivity contribution is -0.118. The summed E-state index contributed by atoms with van der Waals surface area (Å²) in [5.41, 5.74) is 2.38. The Morgan fingerprint density at radius 3 is 2.90 bits per heavy atom. The first-order valence-electron chi connectivity index (χ1n) is 6.16. The molecular formula is C15H15ClN2O2. The third kappa shape index (κ3) is 3.71. The van der Waals surface area contributed by atoms with Crippen molar-refractivity contribution in [1.82, 2.24) is 4.98 Å². The number of halogens is 1. The molecule has 20 heavy (non-hydrogen) atoms. The molecule has 1 aromatic carbocycles. The van der Waals surface area contributed by atoms with Gasteiger partial charge in [0.15, 0.2) is 6.61 Å². The number of aromatic nitrogens is 1. The molecule has 0 saturated carbocycles. The number of carbonyl (C=O) groups excluding carboxylic acids is 1. The van der Waals surface area contributed by atoms with Gasteiger partial charge in [0.25, 0.3) is 5.91 Å². The summed E-state index contributed by atoms with van der Waals surface area (Å²) in [5, 5.41) is 3.35. The number of benzene rings is 1. The minimum Gasteiger partial charge on any atom is -0.482 e. The van der Waals surface area contributed by atoms with Gasteiger partial charge in [-0.05, 0) is 43.7 Å². The van der Waals surface area contributed by atoms with Gasteiger partial charge in [0, 0.05) is 16.9 Å². The third-order valence-corrected chi connectivity index (χ3v) is 3.03. The fourth-order valence-corrected chi connectivity index (χ4v) is 1.85. The van der Waals surface area contributed by atoms with E-state index in [0.29, 0.717) is 16.5 Å². The van der Waals surface area contributed by atoms with E-state index in [2.05, 4.69) is 10.3 Å². The summed E-state index contributed by atoms with van der Waals surface area (Å²) in [6.07, 6.45) is 1.68. The molecule has 5 heteroatoms. The van der Waals surface area contributed by atoms with Gasteiger partial charge in [0.1, 0.15) is 5.75 Å². The van der Waals surface area contributed by atoms with E-state index in [9.17, 15) is 4.79 Å². The monoisotopic (exact) mass is 290 g/mol. The van der Waals surface area contributed by atoms with Crippen molar-refractivity contribution < 1.29 is 9.53 Å². The van der Waals surface area contributed by atoms with Crippen LogP contribution in [-0.4, -0.2) is 17.5 Å². The van der Waals surface area contributed by atoms with Crippen molar-refractivity contribution in [2.24, 2.45) is 0 Å². The number of anilines is 1. The summed E-state index contributed by atoms with van der Waals surface area (Å²) >= 11 is 5.90. The quantitative estimate of drug-likeness (QED) is 0.939. The van der Waals surface area contributed by atoms with Crippen LogP contribution in [0.1, 0.15) is 11.3 Å². The molecule has 0 bridgehead atoms. The molecule has 1 heterocycles. The minimum absolute atomic E-state index is 0.0709. The molecule has 0 aliphatic carbocycles. The van der Waals surface area contributed by atoms with Crippen molar-refractivity contribution >= 4 is 23.2 Å². The van der Waals surface area contributed by atoms with Crippen LogP contribution in [0.2, 0.25) is 5.02 Å². The summed E-state index contributed by atoms with van der Waals surface area (Å²) in [7, 11) is 0. The summed E-state index contributed by atoms with van der Waals surface area (Å²) in [4.78, 5) is 16.0. The molecule has 0 radical (unpaired) electrons. The van der Waals surface area contributed by atoms with E-state index in [1.165, 1.54) is 0 Å². The predicted octanol–water partition coefficient (Wildman–Crippen LogP) is 3.37. The van der Waals surface area contributed by atoms with Crippen LogP contribution in [-0.2, 0) is 4.79 Å². The fourth-order valence-electron chi connectivity index (χ4n) is 1.68. The summed E-state index contributed by atoms with van der Waals surface area (Å²) in [6, 6.07) is 8.89. The van der Waals surface area contributed by atoms with Gasteiger partial charge in [-0.15, -0.1) is 0 Å². The number of nitrogens with one attached hydrogen (secondary N) is 1. The Labute approximate surface area is 122 Å². The number of pyridine rings is 1. The first-order valence-corrected chi connectivity index (χ1v) is 6.54. The molecule has 104 valence electrons. The van der Waals surface area contributed by atoms with Gasteiger partial charge in [0.05, 0.1) is 5.69 Å². The Balaban J connectivity index is 1.96. The molecule has 0 aliphatic rings. The van der Waals surface area contributed by atoms with Crippen LogP contribution in [0.5, 0.6) is 5.75 Å². The number of nitrogens with zero attached hydrogens (tertiary/aromatic N) is 1. The van der Waals surface area contributed by atoms with E-state index in [4.69, 9.17) is 16.3 Å². The molecule has 0 aliphatic heterocycles. The van der Waals surface area contributed by atoms with Crippen LogP contribution in [0.4, 0.5) is 5.69 Å².